The summed E-state index contributed by atoms with van der Waals surface area (Å²) in [6.45, 7) is 3.05. The van der Waals surface area contributed by atoms with E-state index in [0.29, 0.717) is 21.2 Å². The number of ether oxygens (including phenoxy) is 1. The van der Waals surface area contributed by atoms with Crippen LogP contribution in [0.4, 0.5) is 24.5 Å². The van der Waals surface area contributed by atoms with E-state index < -0.39 is 28.7 Å². The van der Waals surface area contributed by atoms with Gasteiger partial charge in [-0.15, -0.1) is 0 Å². The maximum Gasteiger partial charge on any atom is 0.417 e. The number of aliphatic hydroxyl groups excluding tert-OH is 1. The third-order valence-electron chi connectivity index (χ3n) is 5.25. The summed E-state index contributed by atoms with van der Waals surface area (Å²) in [5.41, 5.74) is -2.42. The Bertz CT molecular complexity index is 1250. The van der Waals surface area contributed by atoms with E-state index >= 15 is 0 Å². The second kappa shape index (κ2) is 8.06. The zero-order valence-electron chi connectivity index (χ0n) is 17.3. The van der Waals surface area contributed by atoms with Gasteiger partial charge in [-0.3, -0.25) is 9.69 Å². The van der Waals surface area contributed by atoms with Crippen molar-refractivity contribution in [1.29, 1.82) is 5.26 Å². The Morgan fingerprint density at radius 3 is 2.55 bits per heavy atom. The highest BCUT2D eigenvalue weighted by atomic mass is 32.2. The fourth-order valence-electron chi connectivity index (χ4n) is 3.64. The fourth-order valence-corrected chi connectivity index (χ4v) is 5.00. The smallest absolute Gasteiger partial charge is 0.417 e. The summed E-state index contributed by atoms with van der Waals surface area (Å²) < 4.78 is 45.9. The first-order valence-electron chi connectivity index (χ1n) is 9.57. The molecule has 2 aliphatic heterocycles. The number of benzene rings is 2. The Labute approximate surface area is 196 Å². The molecular weight excluding hydrogens is 475 g/mol. The van der Waals surface area contributed by atoms with Crippen molar-refractivity contribution in [3.05, 3.63) is 58.7 Å². The lowest BCUT2D eigenvalue weighted by atomic mass is 10.0. The molecule has 33 heavy (non-hydrogen) atoms. The molecule has 0 aliphatic carbocycles. The number of anilines is 2. The Balaban J connectivity index is 1.76. The molecule has 2 aromatic carbocycles. The van der Waals surface area contributed by atoms with Crippen molar-refractivity contribution in [3.8, 4) is 11.8 Å². The second-order valence-corrected chi connectivity index (χ2v) is 9.28. The first kappa shape index (κ1) is 23.1. The van der Waals surface area contributed by atoms with E-state index in [9.17, 15) is 23.1 Å². The average Bonchev–Trinajstić information content (AvgIpc) is 2.95. The number of carbonyl (C=O) groups is 1. The maximum absolute atomic E-state index is 13.5. The molecule has 0 atom stereocenters. The molecule has 0 aromatic heterocycles. The Hall–Kier alpha value is -3.07. The van der Waals surface area contributed by atoms with Gasteiger partial charge in [-0.25, -0.2) is 0 Å². The number of carbonyl (C=O) groups excluding carboxylic acids is 1. The first-order chi connectivity index (χ1) is 15.5. The number of alkyl halides is 3. The quantitative estimate of drug-likeness (QED) is 0.618. The number of halogens is 3. The Morgan fingerprint density at radius 2 is 1.91 bits per heavy atom. The lowest BCUT2D eigenvalue weighted by Gasteiger charge is -2.30. The SMILES string of the molecule is CC1(C)C(=O)N(c2ccc(C#N)c(C(F)(F)F)c2)C(=S)N1c1ccc2c(c1)SC(CO)=CO2. The number of rotatable bonds is 3. The van der Waals surface area contributed by atoms with E-state index in [0.717, 1.165) is 17.0 Å². The van der Waals surface area contributed by atoms with Crippen LogP contribution in [0.3, 0.4) is 0 Å². The van der Waals surface area contributed by atoms with E-state index in [1.165, 1.54) is 30.2 Å². The standard InChI is InChI=1S/C22H16F3N3O3S2/c1-21(2)19(30)27(13-4-3-12(9-26)16(7-13)22(23,24)25)20(32)28(21)14-5-6-17-18(8-14)33-15(10-29)11-31-17/h3-8,11,29H,10H2,1-2H3. The third-order valence-corrected chi connectivity index (χ3v) is 6.65. The van der Waals surface area contributed by atoms with Crippen molar-refractivity contribution in [3.63, 3.8) is 0 Å². The molecule has 0 bridgehead atoms. The van der Waals surface area contributed by atoms with Crippen LogP contribution in [0.2, 0.25) is 0 Å². The monoisotopic (exact) mass is 491 g/mol. The van der Waals surface area contributed by atoms with Crippen LogP contribution in [0.25, 0.3) is 0 Å². The number of aliphatic hydroxyl groups is 1. The summed E-state index contributed by atoms with van der Waals surface area (Å²) in [6, 6.07) is 9.72. The lowest BCUT2D eigenvalue weighted by molar-refractivity contribution is -0.137. The summed E-state index contributed by atoms with van der Waals surface area (Å²) in [5.74, 6) is 0.0527. The van der Waals surface area contributed by atoms with Crippen LogP contribution in [0.15, 0.2) is 52.5 Å². The molecule has 1 saturated heterocycles. The van der Waals surface area contributed by atoms with Crippen LogP contribution in [0, 0.1) is 11.3 Å². The topological polar surface area (TPSA) is 76.8 Å². The number of thioether (sulfide) groups is 1. The number of thiocarbonyl (C=S) groups is 1. The summed E-state index contributed by atoms with van der Waals surface area (Å²) in [4.78, 5) is 17.2. The lowest BCUT2D eigenvalue weighted by Crippen LogP contribution is -2.44. The molecule has 0 saturated carbocycles. The molecule has 170 valence electrons. The molecule has 11 heteroatoms. The van der Waals surface area contributed by atoms with E-state index in [-0.39, 0.29) is 17.4 Å². The minimum absolute atomic E-state index is 0.00225. The molecule has 0 unspecified atom stereocenters. The highest BCUT2D eigenvalue weighted by molar-refractivity contribution is 8.03. The van der Waals surface area contributed by atoms with Gasteiger partial charge in [-0.1, -0.05) is 11.8 Å². The van der Waals surface area contributed by atoms with Gasteiger partial charge >= 0.3 is 6.18 Å². The van der Waals surface area contributed by atoms with Gasteiger partial charge in [0, 0.05) is 5.69 Å². The number of hydrogen-bond donors (Lipinski definition) is 1. The predicted octanol–water partition coefficient (Wildman–Crippen LogP) is 4.81. The number of fused-ring (bicyclic) bond motifs is 1. The minimum atomic E-state index is -4.77. The number of amides is 1. The average molecular weight is 492 g/mol. The number of nitriles is 1. The van der Waals surface area contributed by atoms with Gasteiger partial charge in [0.25, 0.3) is 5.91 Å². The molecule has 2 heterocycles. The van der Waals surface area contributed by atoms with Crippen molar-refractivity contribution in [1.82, 2.24) is 0 Å². The van der Waals surface area contributed by atoms with Crippen molar-refractivity contribution in [2.45, 2.75) is 30.5 Å². The second-order valence-electron chi connectivity index (χ2n) is 7.75. The molecule has 1 N–H and O–H groups in total. The third kappa shape index (κ3) is 3.84. The van der Waals surface area contributed by atoms with Crippen LogP contribution in [0.5, 0.6) is 5.75 Å². The van der Waals surface area contributed by atoms with E-state index in [2.05, 4.69) is 0 Å². The van der Waals surface area contributed by atoms with Gasteiger partial charge in [0.1, 0.15) is 17.6 Å². The molecule has 0 radical (unpaired) electrons. The van der Waals surface area contributed by atoms with E-state index in [1.54, 1.807) is 36.9 Å². The van der Waals surface area contributed by atoms with Gasteiger partial charge in [0.05, 0.1) is 39.3 Å². The highest BCUT2D eigenvalue weighted by Gasteiger charge is 2.51. The highest BCUT2D eigenvalue weighted by Crippen LogP contribution is 2.44. The number of hydrogen-bond acceptors (Lipinski definition) is 6. The minimum Gasteiger partial charge on any atom is -0.463 e. The first-order valence-corrected chi connectivity index (χ1v) is 10.8. The maximum atomic E-state index is 13.5. The van der Waals surface area contributed by atoms with Crippen molar-refractivity contribution < 1.29 is 27.8 Å². The van der Waals surface area contributed by atoms with Crippen LogP contribution in [0.1, 0.15) is 25.0 Å². The van der Waals surface area contributed by atoms with Gasteiger partial charge in [-0.2, -0.15) is 18.4 Å². The van der Waals surface area contributed by atoms with Crippen molar-refractivity contribution in [2.75, 3.05) is 16.4 Å². The molecule has 1 amide bonds. The summed E-state index contributed by atoms with van der Waals surface area (Å²) in [5, 5.41) is 18.4. The van der Waals surface area contributed by atoms with Crippen LogP contribution in [-0.2, 0) is 11.0 Å². The zero-order valence-corrected chi connectivity index (χ0v) is 18.9. The summed E-state index contributed by atoms with van der Waals surface area (Å²) >= 11 is 6.85. The fraction of sp³-hybridized carbons (Fsp3) is 0.227. The Morgan fingerprint density at radius 1 is 1.21 bits per heavy atom. The normalized spacial score (nSPS) is 17.4. The van der Waals surface area contributed by atoms with E-state index in [4.69, 9.17) is 22.2 Å². The van der Waals surface area contributed by atoms with Crippen LogP contribution in [-0.4, -0.2) is 28.3 Å². The van der Waals surface area contributed by atoms with Gasteiger partial charge in [0.2, 0.25) is 0 Å². The Kier molecular flexibility index (Phi) is 5.64. The summed E-state index contributed by atoms with van der Waals surface area (Å²) in [6.07, 6.45) is -3.32. The van der Waals surface area contributed by atoms with Gasteiger partial charge in [-0.05, 0) is 62.5 Å². The largest absolute Gasteiger partial charge is 0.463 e. The molecule has 0 spiro atoms. The van der Waals surface area contributed by atoms with Gasteiger partial charge in [0.15, 0.2) is 5.11 Å². The van der Waals surface area contributed by atoms with Crippen molar-refractivity contribution in [2.24, 2.45) is 0 Å². The molecular formula is C22H16F3N3O3S2. The van der Waals surface area contributed by atoms with Crippen LogP contribution < -0.4 is 14.5 Å². The zero-order chi connectivity index (χ0) is 24.1. The molecule has 2 aliphatic rings. The number of nitrogens with zero attached hydrogens (tertiary/aromatic N) is 3. The molecule has 6 nitrogen and oxygen atoms in total. The molecule has 4 rings (SSSR count). The molecule has 2 aromatic rings. The molecule has 1 fully saturated rings. The summed E-state index contributed by atoms with van der Waals surface area (Å²) in [7, 11) is 0. The predicted molar refractivity (Wildman–Crippen MR) is 121 cm³/mol. The van der Waals surface area contributed by atoms with Gasteiger partial charge < -0.3 is 14.7 Å². The van der Waals surface area contributed by atoms with Crippen LogP contribution >= 0.6 is 24.0 Å². The van der Waals surface area contributed by atoms with Crippen molar-refractivity contribution >= 4 is 46.4 Å². The van der Waals surface area contributed by atoms with E-state index in [1.807, 2.05) is 0 Å².